The minimum Gasteiger partial charge on any atom is -0.224 e. The Morgan fingerprint density at radius 1 is 1.00 bits per heavy atom. The van der Waals surface area contributed by atoms with Crippen molar-refractivity contribution in [2.45, 2.75) is 40.7 Å². The molecule has 1 aromatic rings. The fourth-order valence-electron chi connectivity index (χ4n) is 2.67. The van der Waals surface area contributed by atoms with Crippen LogP contribution in [-0.2, 0) is 19.7 Å². The Morgan fingerprint density at radius 3 is 2.05 bits per heavy atom. The van der Waals surface area contributed by atoms with Gasteiger partial charge in [-0.15, -0.1) is 0 Å². The second-order valence-corrected chi connectivity index (χ2v) is 9.53. The maximum absolute atomic E-state index is 12.6. The largest absolute Gasteiger partial charge is 0.224 e. The molecule has 1 aliphatic carbocycles. The van der Waals surface area contributed by atoms with Crippen molar-refractivity contribution in [1.29, 1.82) is 5.26 Å². The summed E-state index contributed by atoms with van der Waals surface area (Å²) in [6, 6.07) is 7.32. The zero-order valence-electron chi connectivity index (χ0n) is 11.7. The van der Waals surface area contributed by atoms with Gasteiger partial charge in [0.1, 0.15) is 0 Å². The number of nitrogens with zero attached hydrogens (tertiary/aromatic N) is 1. The molecule has 5 nitrogen and oxygen atoms in total. The second-order valence-electron chi connectivity index (χ2n) is 5.35. The van der Waals surface area contributed by atoms with E-state index >= 15 is 0 Å². The quantitative estimate of drug-likeness (QED) is 0.846. The van der Waals surface area contributed by atoms with Crippen LogP contribution in [0.5, 0.6) is 0 Å². The molecular weight excluding hydrogens is 310 g/mol. The third-order valence-corrected chi connectivity index (χ3v) is 7.27. The molecule has 0 radical (unpaired) electrons. The lowest BCUT2D eigenvalue weighted by molar-refractivity contribution is 0.418. The van der Waals surface area contributed by atoms with Crippen molar-refractivity contribution in [1.82, 2.24) is 0 Å². The Morgan fingerprint density at radius 2 is 1.52 bits per heavy atom. The molecule has 1 saturated carbocycles. The summed E-state index contributed by atoms with van der Waals surface area (Å²) >= 11 is 0. The summed E-state index contributed by atoms with van der Waals surface area (Å²) in [4.78, 5) is 0.170. The first-order valence-electron chi connectivity index (χ1n) is 6.70. The molecule has 2 unspecified atom stereocenters. The zero-order valence-corrected chi connectivity index (χ0v) is 13.3. The van der Waals surface area contributed by atoms with Gasteiger partial charge in [-0.05, 0) is 37.1 Å². The topological polar surface area (TPSA) is 92.1 Å². The third-order valence-electron chi connectivity index (χ3n) is 3.85. The molecule has 2 rings (SSSR count). The first-order valence-corrected chi connectivity index (χ1v) is 10.1. The molecule has 2 atom stereocenters. The lowest BCUT2D eigenvalue weighted by Gasteiger charge is -2.26. The van der Waals surface area contributed by atoms with Gasteiger partial charge < -0.3 is 0 Å². The van der Waals surface area contributed by atoms with E-state index in [1.54, 1.807) is 0 Å². The number of nitriles is 1. The molecule has 0 bridgehead atoms. The van der Waals surface area contributed by atoms with E-state index < -0.39 is 30.8 Å². The van der Waals surface area contributed by atoms with Crippen molar-refractivity contribution in [2.24, 2.45) is 5.92 Å². The molecule has 0 aromatic heterocycles. The standard InChI is InChI=1S/C14H17NO4S2/c1-20(16,17)12-6-8-13(9-7-12)21(18,19)14-5-3-2-4-11(14)10-15/h6-9,11,14H,2-5H2,1H3. The lowest BCUT2D eigenvalue weighted by Crippen LogP contribution is -2.32. The highest BCUT2D eigenvalue weighted by Crippen LogP contribution is 2.33. The number of sulfone groups is 2. The van der Waals surface area contributed by atoms with E-state index in [0.717, 1.165) is 19.1 Å². The lowest BCUT2D eigenvalue weighted by atomic mass is 9.90. The fourth-order valence-corrected chi connectivity index (χ4v) is 5.27. The first-order chi connectivity index (χ1) is 9.76. The van der Waals surface area contributed by atoms with E-state index in [1.165, 1.54) is 24.3 Å². The summed E-state index contributed by atoms with van der Waals surface area (Å²) in [7, 11) is -6.96. The van der Waals surface area contributed by atoms with Crippen LogP contribution in [0.15, 0.2) is 34.1 Å². The van der Waals surface area contributed by atoms with Gasteiger partial charge in [0.15, 0.2) is 19.7 Å². The van der Waals surface area contributed by atoms with Gasteiger partial charge in [-0.3, -0.25) is 0 Å². The molecule has 7 heteroatoms. The van der Waals surface area contributed by atoms with Gasteiger partial charge in [0.05, 0.1) is 27.0 Å². The van der Waals surface area contributed by atoms with Crippen LogP contribution < -0.4 is 0 Å². The summed E-state index contributed by atoms with van der Waals surface area (Å²) in [5.41, 5.74) is 0. The predicted molar refractivity (Wildman–Crippen MR) is 78.1 cm³/mol. The molecule has 0 heterocycles. The summed E-state index contributed by atoms with van der Waals surface area (Å²) in [6.45, 7) is 0. The van der Waals surface area contributed by atoms with E-state index in [2.05, 4.69) is 6.07 Å². The van der Waals surface area contributed by atoms with Crippen LogP contribution in [0, 0.1) is 17.2 Å². The Kier molecular flexibility index (Phi) is 4.40. The molecule has 114 valence electrons. The molecule has 21 heavy (non-hydrogen) atoms. The summed E-state index contributed by atoms with van der Waals surface area (Å²) < 4.78 is 48.0. The maximum Gasteiger partial charge on any atom is 0.182 e. The highest BCUT2D eigenvalue weighted by atomic mass is 32.2. The normalized spacial score (nSPS) is 23.4. The maximum atomic E-state index is 12.6. The van der Waals surface area contributed by atoms with Gasteiger partial charge in [0, 0.05) is 6.26 Å². The number of hydrogen-bond donors (Lipinski definition) is 0. The van der Waals surface area contributed by atoms with Crippen LogP contribution in [0.3, 0.4) is 0 Å². The Bertz CT molecular complexity index is 758. The summed E-state index contributed by atoms with van der Waals surface area (Å²) in [6.07, 6.45) is 3.82. The van der Waals surface area contributed by atoms with Gasteiger partial charge in [-0.2, -0.15) is 5.26 Å². The van der Waals surface area contributed by atoms with Crippen molar-refractivity contribution >= 4 is 19.7 Å². The van der Waals surface area contributed by atoms with Gasteiger partial charge in [-0.25, -0.2) is 16.8 Å². The number of rotatable bonds is 3. The number of hydrogen-bond acceptors (Lipinski definition) is 5. The van der Waals surface area contributed by atoms with E-state index in [9.17, 15) is 16.8 Å². The molecule has 0 amide bonds. The number of benzene rings is 1. The molecule has 1 aromatic carbocycles. The second kappa shape index (κ2) is 5.78. The summed E-state index contributed by atoms with van der Waals surface area (Å²) in [5.74, 6) is -0.488. The van der Waals surface area contributed by atoms with Crippen molar-refractivity contribution in [3.05, 3.63) is 24.3 Å². The van der Waals surface area contributed by atoms with Gasteiger partial charge in [-0.1, -0.05) is 12.8 Å². The predicted octanol–water partition coefficient (Wildman–Crippen LogP) is 1.95. The average molecular weight is 327 g/mol. The Hall–Kier alpha value is -1.39. The highest BCUT2D eigenvalue weighted by Gasteiger charge is 2.36. The Labute approximate surface area is 125 Å². The van der Waals surface area contributed by atoms with E-state index in [-0.39, 0.29) is 9.79 Å². The highest BCUT2D eigenvalue weighted by molar-refractivity contribution is 7.92. The van der Waals surface area contributed by atoms with Crippen molar-refractivity contribution in [3.63, 3.8) is 0 Å². The van der Waals surface area contributed by atoms with Crippen molar-refractivity contribution in [3.8, 4) is 6.07 Å². The molecule has 1 fully saturated rings. The van der Waals surface area contributed by atoms with Crippen molar-refractivity contribution in [2.75, 3.05) is 6.26 Å². The van der Waals surface area contributed by atoms with Crippen LogP contribution in [-0.4, -0.2) is 28.3 Å². The smallest absolute Gasteiger partial charge is 0.182 e. The van der Waals surface area contributed by atoms with Crippen LogP contribution in [0.25, 0.3) is 0 Å². The SMILES string of the molecule is CS(=O)(=O)c1ccc(S(=O)(=O)C2CCCCC2C#N)cc1. The monoisotopic (exact) mass is 327 g/mol. The van der Waals surface area contributed by atoms with Crippen molar-refractivity contribution < 1.29 is 16.8 Å². The molecule has 0 spiro atoms. The van der Waals surface area contributed by atoms with Gasteiger partial charge in [0.25, 0.3) is 0 Å². The van der Waals surface area contributed by atoms with E-state index in [0.29, 0.717) is 12.8 Å². The third kappa shape index (κ3) is 3.27. The summed E-state index contributed by atoms with van der Waals surface area (Å²) in [5, 5.41) is 8.43. The molecule has 0 aliphatic heterocycles. The zero-order chi connectivity index (χ0) is 15.7. The molecule has 0 N–H and O–H groups in total. The molecule has 0 saturated heterocycles. The van der Waals surface area contributed by atoms with Crippen LogP contribution in [0.4, 0.5) is 0 Å². The van der Waals surface area contributed by atoms with E-state index in [4.69, 9.17) is 5.26 Å². The molecule has 1 aliphatic rings. The minimum atomic E-state index is -3.60. The molecular formula is C14H17NO4S2. The average Bonchev–Trinajstić information content (AvgIpc) is 2.46. The van der Waals surface area contributed by atoms with Crippen LogP contribution in [0.1, 0.15) is 25.7 Å². The first kappa shape index (κ1) is 16.0. The van der Waals surface area contributed by atoms with E-state index in [1.807, 2.05) is 0 Å². The van der Waals surface area contributed by atoms with Crippen LogP contribution in [0.2, 0.25) is 0 Å². The minimum absolute atomic E-state index is 0.0851. The Balaban J connectivity index is 2.38. The van der Waals surface area contributed by atoms with Gasteiger partial charge >= 0.3 is 0 Å². The van der Waals surface area contributed by atoms with Gasteiger partial charge in [0.2, 0.25) is 0 Å². The fraction of sp³-hybridized carbons (Fsp3) is 0.500. The van der Waals surface area contributed by atoms with Crippen LogP contribution >= 0.6 is 0 Å².